The Labute approximate surface area is 161 Å². The van der Waals surface area contributed by atoms with Gasteiger partial charge in [0, 0.05) is 27.9 Å². The molecule has 2 heterocycles. The molecule has 2 aromatic carbocycles. The van der Waals surface area contributed by atoms with Crippen molar-refractivity contribution in [3.8, 4) is 5.75 Å². The number of hydrogen-bond donors (Lipinski definition) is 3. The molecule has 6 nitrogen and oxygen atoms in total. The number of halogens is 1. The van der Waals surface area contributed by atoms with Crippen molar-refractivity contribution in [2.75, 3.05) is 17.7 Å². The molecule has 0 fully saturated rings. The number of aromatic amines is 1. The molecule has 0 aliphatic rings. The highest BCUT2D eigenvalue weighted by Crippen LogP contribution is 2.31. The molecule has 0 saturated carbocycles. The van der Waals surface area contributed by atoms with E-state index in [-0.39, 0.29) is 0 Å². The molecule has 7 heteroatoms. The zero-order valence-corrected chi connectivity index (χ0v) is 15.6. The fourth-order valence-corrected chi connectivity index (χ4v) is 3.03. The van der Waals surface area contributed by atoms with Crippen LogP contribution in [0.2, 0.25) is 5.02 Å². The Morgan fingerprint density at radius 3 is 2.63 bits per heavy atom. The first-order valence-corrected chi connectivity index (χ1v) is 8.79. The number of nitrogens with zero attached hydrogens (tertiary/aromatic N) is 2. The Morgan fingerprint density at radius 2 is 1.89 bits per heavy atom. The molecule has 0 aliphatic heterocycles. The van der Waals surface area contributed by atoms with Gasteiger partial charge in [-0.05, 0) is 54.8 Å². The normalized spacial score (nSPS) is 10.8. The van der Waals surface area contributed by atoms with Gasteiger partial charge in [-0.1, -0.05) is 17.7 Å². The predicted molar refractivity (Wildman–Crippen MR) is 110 cm³/mol. The number of fused-ring (bicyclic) bond motifs is 1. The third-order valence-electron chi connectivity index (χ3n) is 4.09. The van der Waals surface area contributed by atoms with Crippen LogP contribution in [0.3, 0.4) is 0 Å². The van der Waals surface area contributed by atoms with Crippen LogP contribution < -0.4 is 15.4 Å². The largest absolute Gasteiger partial charge is 0.497 e. The molecular weight excluding hydrogens is 362 g/mol. The van der Waals surface area contributed by atoms with Crippen LogP contribution in [0, 0.1) is 6.92 Å². The Morgan fingerprint density at radius 1 is 1.00 bits per heavy atom. The van der Waals surface area contributed by atoms with Gasteiger partial charge in [0.25, 0.3) is 0 Å². The first-order valence-electron chi connectivity index (χ1n) is 8.41. The Kier molecular flexibility index (Phi) is 4.56. The van der Waals surface area contributed by atoms with Gasteiger partial charge in [-0.15, -0.1) is 0 Å². The molecule has 3 N–H and O–H groups in total. The molecular formula is C20H18ClN5O. The highest BCUT2D eigenvalue weighted by molar-refractivity contribution is 6.30. The van der Waals surface area contributed by atoms with Crippen LogP contribution >= 0.6 is 11.6 Å². The second-order valence-corrected chi connectivity index (χ2v) is 6.58. The standard InChI is InChI=1S/C20H18ClN5O/c1-12-8-19(26-25-12)23-18-10-13-9-16(27-2)6-7-17(13)20(24-18)22-15-5-3-4-14(21)11-15/h3-11H,1-2H3,(H3,22,23,24,25,26). The van der Waals surface area contributed by atoms with E-state index in [2.05, 4.69) is 20.8 Å². The summed E-state index contributed by atoms with van der Waals surface area (Å²) >= 11 is 6.11. The third-order valence-corrected chi connectivity index (χ3v) is 4.32. The van der Waals surface area contributed by atoms with Gasteiger partial charge in [-0.2, -0.15) is 5.10 Å². The van der Waals surface area contributed by atoms with Crippen molar-refractivity contribution in [2.45, 2.75) is 6.92 Å². The van der Waals surface area contributed by atoms with Gasteiger partial charge in [0.15, 0.2) is 5.82 Å². The first-order chi connectivity index (χ1) is 13.1. The number of pyridine rings is 1. The lowest BCUT2D eigenvalue weighted by atomic mass is 10.1. The molecule has 27 heavy (non-hydrogen) atoms. The van der Waals surface area contributed by atoms with Gasteiger partial charge in [0.05, 0.1) is 7.11 Å². The summed E-state index contributed by atoms with van der Waals surface area (Å²) in [7, 11) is 1.65. The van der Waals surface area contributed by atoms with Crippen LogP contribution in [0.25, 0.3) is 10.8 Å². The average Bonchev–Trinajstić information content (AvgIpc) is 3.06. The maximum absolute atomic E-state index is 6.11. The number of rotatable bonds is 5. The van der Waals surface area contributed by atoms with E-state index in [9.17, 15) is 0 Å². The smallest absolute Gasteiger partial charge is 0.153 e. The minimum Gasteiger partial charge on any atom is -0.497 e. The van der Waals surface area contributed by atoms with E-state index in [0.29, 0.717) is 22.5 Å². The van der Waals surface area contributed by atoms with Crippen molar-refractivity contribution in [1.82, 2.24) is 15.2 Å². The fraction of sp³-hybridized carbons (Fsp3) is 0.100. The molecule has 4 rings (SSSR count). The predicted octanol–water partition coefficient (Wildman–Crippen LogP) is 5.42. The van der Waals surface area contributed by atoms with Crippen LogP contribution in [0.15, 0.2) is 54.6 Å². The number of methoxy groups -OCH3 is 1. The lowest BCUT2D eigenvalue weighted by Gasteiger charge is -2.13. The summed E-state index contributed by atoms with van der Waals surface area (Å²) < 4.78 is 5.36. The van der Waals surface area contributed by atoms with Gasteiger partial charge in [0.1, 0.15) is 17.4 Å². The maximum Gasteiger partial charge on any atom is 0.153 e. The number of aromatic nitrogens is 3. The lowest BCUT2D eigenvalue weighted by Crippen LogP contribution is -2.00. The summed E-state index contributed by atoms with van der Waals surface area (Å²) in [6.45, 7) is 1.95. The molecule has 0 bridgehead atoms. The second-order valence-electron chi connectivity index (χ2n) is 6.14. The molecule has 0 saturated heterocycles. The summed E-state index contributed by atoms with van der Waals surface area (Å²) in [6.07, 6.45) is 0. The Hall–Kier alpha value is -3.25. The zero-order chi connectivity index (χ0) is 18.8. The molecule has 0 atom stereocenters. The second kappa shape index (κ2) is 7.17. The summed E-state index contributed by atoms with van der Waals surface area (Å²) in [4.78, 5) is 4.73. The number of H-pyrrole nitrogens is 1. The van der Waals surface area contributed by atoms with Crippen LogP contribution in [-0.4, -0.2) is 22.3 Å². The van der Waals surface area contributed by atoms with Crippen LogP contribution in [0.1, 0.15) is 5.69 Å². The van der Waals surface area contributed by atoms with Gasteiger partial charge in [-0.3, -0.25) is 5.10 Å². The Bertz CT molecular complexity index is 1110. The van der Waals surface area contributed by atoms with Gasteiger partial charge in [0.2, 0.25) is 0 Å². The third kappa shape index (κ3) is 3.80. The van der Waals surface area contributed by atoms with E-state index < -0.39 is 0 Å². The number of ether oxygens (including phenoxy) is 1. The van der Waals surface area contributed by atoms with Gasteiger partial charge < -0.3 is 15.4 Å². The summed E-state index contributed by atoms with van der Waals surface area (Å²) in [5.41, 5.74) is 1.83. The minimum atomic E-state index is 0.659. The van der Waals surface area contributed by atoms with Crippen molar-refractivity contribution in [1.29, 1.82) is 0 Å². The molecule has 0 unspecified atom stereocenters. The molecule has 4 aromatic rings. The van der Waals surface area contributed by atoms with Gasteiger partial charge >= 0.3 is 0 Å². The van der Waals surface area contributed by atoms with Crippen molar-refractivity contribution in [3.63, 3.8) is 0 Å². The molecule has 2 aromatic heterocycles. The zero-order valence-electron chi connectivity index (χ0n) is 14.9. The molecule has 0 radical (unpaired) electrons. The quantitative estimate of drug-likeness (QED) is 0.432. The minimum absolute atomic E-state index is 0.659. The van der Waals surface area contributed by atoms with Gasteiger partial charge in [-0.25, -0.2) is 4.98 Å². The number of nitrogens with one attached hydrogen (secondary N) is 3. The van der Waals surface area contributed by atoms with Crippen LogP contribution in [-0.2, 0) is 0 Å². The highest BCUT2D eigenvalue weighted by Gasteiger charge is 2.10. The molecule has 0 aliphatic carbocycles. The van der Waals surface area contributed by atoms with E-state index in [1.165, 1.54) is 0 Å². The SMILES string of the molecule is COc1ccc2c(Nc3cccc(Cl)c3)nc(Nc3cc(C)[nH]n3)cc2c1. The summed E-state index contributed by atoms with van der Waals surface area (Å²) in [5.74, 6) is 2.87. The summed E-state index contributed by atoms with van der Waals surface area (Å²) in [6, 6.07) is 17.3. The molecule has 136 valence electrons. The number of benzene rings is 2. The van der Waals surface area contributed by atoms with Crippen molar-refractivity contribution in [2.24, 2.45) is 0 Å². The van der Waals surface area contributed by atoms with Crippen LogP contribution in [0.4, 0.5) is 23.1 Å². The first kappa shape index (κ1) is 17.2. The summed E-state index contributed by atoms with van der Waals surface area (Å²) in [5, 5.41) is 16.3. The average molecular weight is 380 g/mol. The molecule has 0 amide bonds. The topological polar surface area (TPSA) is 74.9 Å². The maximum atomic E-state index is 6.11. The number of hydrogen-bond acceptors (Lipinski definition) is 5. The van der Waals surface area contributed by atoms with Crippen molar-refractivity contribution >= 4 is 45.5 Å². The van der Waals surface area contributed by atoms with E-state index in [0.717, 1.165) is 27.9 Å². The van der Waals surface area contributed by atoms with E-state index >= 15 is 0 Å². The monoisotopic (exact) mass is 379 g/mol. The van der Waals surface area contributed by atoms with Crippen molar-refractivity contribution in [3.05, 3.63) is 65.3 Å². The molecule has 0 spiro atoms. The number of anilines is 4. The van der Waals surface area contributed by atoms with E-state index in [4.69, 9.17) is 21.3 Å². The van der Waals surface area contributed by atoms with E-state index in [1.807, 2.05) is 61.5 Å². The van der Waals surface area contributed by atoms with Crippen LogP contribution in [0.5, 0.6) is 5.75 Å². The Balaban J connectivity index is 1.79. The van der Waals surface area contributed by atoms with Crippen molar-refractivity contribution < 1.29 is 4.74 Å². The lowest BCUT2D eigenvalue weighted by molar-refractivity contribution is 0.415. The highest BCUT2D eigenvalue weighted by atomic mass is 35.5. The number of aryl methyl sites for hydroxylation is 1. The van der Waals surface area contributed by atoms with E-state index in [1.54, 1.807) is 7.11 Å². The fourth-order valence-electron chi connectivity index (χ4n) is 2.84.